The highest BCUT2D eigenvalue weighted by molar-refractivity contribution is 6.30. The molecule has 1 unspecified atom stereocenters. The van der Waals surface area contributed by atoms with E-state index in [4.69, 9.17) is 22.1 Å². The fraction of sp³-hybridized carbons (Fsp3) is 0.462. The Bertz CT molecular complexity index is 408. The van der Waals surface area contributed by atoms with E-state index in [-0.39, 0.29) is 18.6 Å². The summed E-state index contributed by atoms with van der Waals surface area (Å²) in [5.74, 6) is -0.00871. The first-order chi connectivity index (χ1) is 8.72. The fourth-order valence-corrected chi connectivity index (χ4v) is 2.28. The van der Waals surface area contributed by atoms with Gasteiger partial charge in [-0.25, -0.2) is 0 Å². The summed E-state index contributed by atoms with van der Waals surface area (Å²) >= 11 is 5.86. The molecule has 18 heavy (non-hydrogen) atoms. The highest BCUT2D eigenvalue weighted by Gasteiger charge is 2.29. The summed E-state index contributed by atoms with van der Waals surface area (Å²) in [6.07, 6.45) is 1.73. The lowest BCUT2D eigenvalue weighted by atomic mass is 10.1. The Morgan fingerprint density at radius 3 is 2.78 bits per heavy atom. The lowest BCUT2D eigenvalue weighted by Gasteiger charge is -2.35. The predicted octanol–water partition coefficient (Wildman–Crippen LogP) is 1.81. The third-order valence-electron chi connectivity index (χ3n) is 3.02. The van der Waals surface area contributed by atoms with Crippen molar-refractivity contribution in [3.63, 3.8) is 0 Å². The molecule has 1 aromatic carbocycles. The van der Waals surface area contributed by atoms with Gasteiger partial charge in [0.2, 0.25) is 0 Å². The minimum atomic E-state index is -0.00871. The summed E-state index contributed by atoms with van der Waals surface area (Å²) in [7, 11) is 0. The van der Waals surface area contributed by atoms with Crippen LogP contribution in [0.4, 0.5) is 5.69 Å². The zero-order chi connectivity index (χ0) is 13.0. The summed E-state index contributed by atoms with van der Waals surface area (Å²) in [6, 6.07) is 7.37. The molecule has 98 valence electrons. The van der Waals surface area contributed by atoms with E-state index in [1.165, 1.54) is 0 Å². The Morgan fingerprint density at radius 2 is 2.11 bits per heavy atom. The van der Waals surface area contributed by atoms with E-state index in [9.17, 15) is 4.79 Å². The van der Waals surface area contributed by atoms with Crippen molar-refractivity contribution in [2.24, 2.45) is 5.73 Å². The maximum Gasteiger partial charge on any atom is 0.253 e. The van der Waals surface area contributed by atoms with Crippen molar-refractivity contribution in [1.29, 1.82) is 0 Å². The molecule has 1 aliphatic heterocycles. The molecule has 0 aromatic heterocycles. The minimum Gasteiger partial charge on any atom is -0.369 e. The number of nitrogens with zero attached hydrogens (tertiary/aromatic N) is 1. The number of carbonyl (C=O) groups is 1. The first-order valence-electron chi connectivity index (χ1n) is 6.08. The summed E-state index contributed by atoms with van der Waals surface area (Å²) in [6.45, 7) is 1.33. The van der Waals surface area contributed by atoms with Crippen LogP contribution in [0.15, 0.2) is 24.3 Å². The number of benzene rings is 1. The normalized spacial score (nSPS) is 20.2. The van der Waals surface area contributed by atoms with Crippen LogP contribution in [-0.4, -0.2) is 31.7 Å². The average Bonchev–Trinajstić information content (AvgIpc) is 2.38. The van der Waals surface area contributed by atoms with E-state index >= 15 is 0 Å². The first-order valence-corrected chi connectivity index (χ1v) is 6.45. The van der Waals surface area contributed by atoms with Crippen molar-refractivity contribution in [1.82, 2.24) is 0 Å². The third kappa shape index (κ3) is 3.02. The van der Waals surface area contributed by atoms with Crippen LogP contribution in [-0.2, 0) is 9.53 Å². The van der Waals surface area contributed by atoms with E-state index in [1.807, 2.05) is 12.1 Å². The Morgan fingerprint density at radius 1 is 1.39 bits per heavy atom. The number of halogens is 1. The standard InChI is InChI=1S/C13H17ClN2O2/c14-10-3-5-11(6-4-10)16-12(2-1-7-15)8-18-9-13(16)17/h3-6,12H,1-2,7-9,15H2. The summed E-state index contributed by atoms with van der Waals surface area (Å²) < 4.78 is 5.31. The molecular weight excluding hydrogens is 252 g/mol. The summed E-state index contributed by atoms with van der Waals surface area (Å²) in [5.41, 5.74) is 6.39. The van der Waals surface area contributed by atoms with Gasteiger partial charge in [-0.15, -0.1) is 0 Å². The van der Waals surface area contributed by atoms with Gasteiger partial charge in [0.05, 0.1) is 12.6 Å². The summed E-state index contributed by atoms with van der Waals surface area (Å²) in [4.78, 5) is 13.8. The van der Waals surface area contributed by atoms with E-state index < -0.39 is 0 Å². The van der Waals surface area contributed by atoms with Crippen LogP contribution < -0.4 is 10.6 Å². The molecule has 1 atom stereocenters. The van der Waals surface area contributed by atoms with Gasteiger partial charge in [-0.1, -0.05) is 11.6 Å². The SMILES string of the molecule is NCCCC1COCC(=O)N1c1ccc(Cl)cc1. The lowest BCUT2D eigenvalue weighted by Crippen LogP contribution is -2.49. The zero-order valence-electron chi connectivity index (χ0n) is 10.1. The number of morpholine rings is 1. The molecule has 5 heteroatoms. The van der Waals surface area contributed by atoms with Crippen molar-refractivity contribution in [2.75, 3.05) is 24.7 Å². The van der Waals surface area contributed by atoms with E-state index in [0.29, 0.717) is 18.2 Å². The van der Waals surface area contributed by atoms with Crippen LogP contribution in [0.25, 0.3) is 0 Å². The molecule has 0 saturated carbocycles. The molecule has 1 fully saturated rings. The molecule has 0 radical (unpaired) electrons. The van der Waals surface area contributed by atoms with Crippen molar-refractivity contribution in [2.45, 2.75) is 18.9 Å². The molecule has 1 saturated heterocycles. The average molecular weight is 269 g/mol. The smallest absolute Gasteiger partial charge is 0.253 e. The van der Waals surface area contributed by atoms with Crippen LogP contribution >= 0.6 is 11.6 Å². The second-order valence-electron chi connectivity index (χ2n) is 4.34. The second-order valence-corrected chi connectivity index (χ2v) is 4.78. The molecule has 1 aromatic rings. The van der Waals surface area contributed by atoms with Gasteiger partial charge in [-0.05, 0) is 43.7 Å². The Kier molecular flexibility index (Phi) is 4.58. The lowest BCUT2D eigenvalue weighted by molar-refractivity contribution is -0.127. The maximum absolute atomic E-state index is 12.0. The van der Waals surface area contributed by atoms with Crippen LogP contribution in [0.3, 0.4) is 0 Å². The van der Waals surface area contributed by atoms with Gasteiger partial charge in [0, 0.05) is 10.7 Å². The van der Waals surface area contributed by atoms with Gasteiger partial charge in [0.25, 0.3) is 5.91 Å². The highest BCUT2D eigenvalue weighted by Crippen LogP contribution is 2.24. The Balaban J connectivity index is 2.18. The molecule has 4 nitrogen and oxygen atoms in total. The molecule has 0 spiro atoms. The van der Waals surface area contributed by atoms with Crippen LogP contribution in [0.5, 0.6) is 0 Å². The molecular formula is C13H17ClN2O2. The molecule has 1 amide bonds. The van der Waals surface area contributed by atoms with Crippen LogP contribution in [0, 0.1) is 0 Å². The minimum absolute atomic E-state index is 0.00871. The van der Waals surface area contributed by atoms with E-state index in [2.05, 4.69) is 0 Å². The van der Waals surface area contributed by atoms with Gasteiger partial charge in [0.1, 0.15) is 6.61 Å². The monoisotopic (exact) mass is 268 g/mol. The summed E-state index contributed by atoms with van der Waals surface area (Å²) in [5, 5.41) is 0.665. The van der Waals surface area contributed by atoms with Gasteiger partial charge < -0.3 is 15.4 Å². The Hall–Kier alpha value is -1.10. The number of hydrogen-bond acceptors (Lipinski definition) is 3. The maximum atomic E-state index is 12.0. The third-order valence-corrected chi connectivity index (χ3v) is 3.27. The predicted molar refractivity (Wildman–Crippen MR) is 71.8 cm³/mol. The number of nitrogens with two attached hydrogens (primary N) is 1. The number of ether oxygens (including phenoxy) is 1. The zero-order valence-corrected chi connectivity index (χ0v) is 10.9. The largest absolute Gasteiger partial charge is 0.369 e. The molecule has 0 bridgehead atoms. The molecule has 2 N–H and O–H groups in total. The number of rotatable bonds is 4. The van der Waals surface area contributed by atoms with E-state index in [1.54, 1.807) is 17.0 Å². The first kappa shape index (κ1) is 13.3. The van der Waals surface area contributed by atoms with Gasteiger partial charge in [-0.2, -0.15) is 0 Å². The molecule has 0 aliphatic carbocycles. The van der Waals surface area contributed by atoms with Gasteiger partial charge in [0.15, 0.2) is 0 Å². The van der Waals surface area contributed by atoms with Gasteiger partial charge in [-0.3, -0.25) is 4.79 Å². The molecule has 1 aliphatic rings. The number of anilines is 1. The van der Waals surface area contributed by atoms with E-state index in [0.717, 1.165) is 18.5 Å². The number of hydrogen-bond donors (Lipinski definition) is 1. The highest BCUT2D eigenvalue weighted by atomic mass is 35.5. The van der Waals surface area contributed by atoms with Crippen molar-refractivity contribution < 1.29 is 9.53 Å². The number of carbonyl (C=O) groups excluding carboxylic acids is 1. The quantitative estimate of drug-likeness (QED) is 0.906. The number of amides is 1. The fourth-order valence-electron chi connectivity index (χ4n) is 2.15. The van der Waals surface area contributed by atoms with Crippen molar-refractivity contribution in [3.05, 3.63) is 29.3 Å². The van der Waals surface area contributed by atoms with Crippen LogP contribution in [0.2, 0.25) is 5.02 Å². The second kappa shape index (κ2) is 6.18. The Labute approximate surface area is 112 Å². The van der Waals surface area contributed by atoms with Crippen LogP contribution in [0.1, 0.15) is 12.8 Å². The molecule has 2 rings (SSSR count). The van der Waals surface area contributed by atoms with Gasteiger partial charge >= 0.3 is 0 Å². The van der Waals surface area contributed by atoms with Crippen molar-refractivity contribution in [3.8, 4) is 0 Å². The topological polar surface area (TPSA) is 55.6 Å². The molecule has 1 heterocycles. The van der Waals surface area contributed by atoms with Crippen molar-refractivity contribution >= 4 is 23.2 Å².